The molecule has 25 heavy (non-hydrogen) atoms. The van der Waals surface area contributed by atoms with E-state index in [2.05, 4.69) is 26.2 Å². The van der Waals surface area contributed by atoms with E-state index < -0.39 is 6.10 Å². The number of amides is 1. The van der Waals surface area contributed by atoms with Crippen molar-refractivity contribution in [2.24, 2.45) is 0 Å². The van der Waals surface area contributed by atoms with Crippen molar-refractivity contribution < 1.29 is 9.53 Å². The zero-order valence-electron chi connectivity index (χ0n) is 13.2. The number of rotatable bonds is 5. The second-order valence-corrected chi connectivity index (χ2v) is 7.38. The number of nitrogens with zero attached hydrogens (tertiary/aromatic N) is 1. The molecule has 0 aliphatic heterocycles. The summed E-state index contributed by atoms with van der Waals surface area (Å²) in [6, 6.07) is 14.9. The zero-order valence-corrected chi connectivity index (χ0v) is 16.4. The fourth-order valence-corrected chi connectivity index (χ4v) is 3.59. The molecule has 1 atom stereocenters. The molecule has 0 radical (unpaired) electrons. The van der Waals surface area contributed by atoms with Gasteiger partial charge in [-0.2, -0.15) is 0 Å². The number of aromatic nitrogens is 1. The maximum atomic E-state index is 12.3. The molecule has 3 aromatic rings. The van der Waals surface area contributed by atoms with Crippen molar-refractivity contribution >= 4 is 49.9 Å². The molecule has 1 aromatic heterocycles. The molecule has 4 nitrogen and oxygen atoms in total. The molecule has 2 aromatic carbocycles. The summed E-state index contributed by atoms with van der Waals surface area (Å²) < 4.78 is 6.38. The lowest BCUT2D eigenvalue weighted by Gasteiger charge is -2.15. The quantitative estimate of drug-likeness (QED) is 0.562. The van der Waals surface area contributed by atoms with Crippen LogP contribution in [0.4, 0.5) is 5.13 Å². The first-order chi connectivity index (χ1) is 12.0. The second kappa shape index (κ2) is 7.99. The van der Waals surface area contributed by atoms with Gasteiger partial charge in [0.1, 0.15) is 5.75 Å². The molecule has 0 aliphatic carbocycles. The molecule has 1 unspecified atom stereocenters. The number of carbonyl (C=O) groups is 1. The van der Waals surface area contributed by atoms with E-state index >= 15 is 0 Å². The van der Waals surface area contributed by atoms with Crippen LogP contribution in [0.3, 0.4) is 0 Å². The number of nitrogens with one attached hydrogen (secondary N) is 1. The summed E-state index contributed by atoms with van der Waals surface area (Å²) in [7, 11) is 0. The number of ether oxygens (including phenoxy) is 1. The molecule has 1 amide bonds. The van der Waals surface area contributed by atoms with Gasteiger partial charge in [-0.05, 0) is 41.1 Å². The van der Waals surface area contributed by atoms with Crippen molar-refractivity contribution in [3.8, 4) is 17.0 Å². The van der Waals surface area contributed by atoms with Crippen LogP contribution in [0.5, 0.6) is 5.75 Å². The van der Waals surface area contributed by atoms with Gasteiger partial charge in [0.25, 0.3) is 5.91 Å². The molecule has 1 N–H and O–H groups in total. The fraction of sp³-hybridized carbons (Fsp3) is 0.111. The number of hydrogen-bond donors (Lipinski definition) is 1. The largest absolute Gasteiger partial charge is 0.480 e. The Morgan fingerprint density at radius 2 is 2.04 bits per heavy atom. The van der Waals surface area contributed by atoms with E-state index in [-0.39, 0.29) is 5.91 Å². The highest BCUT2D eigenvalue weighted by molar-refractivity contribution is 9.10. The van der Waals surface area contributed by atoms with Gasteiger partial charge in [0, 0.05) is 16.0 Å². The van der Waals surface area contributed by atoms with Crippen molar-refractivity contribution in [1.82, 2.24) is 4.98 Å². The monoisotopic (exact) mass is 436 g/mol. The first-order valence-corrected chi connectivity index (χ1v) is 9.51. The number of hydrogen-bond acceptors (Lipinski definition) is 4. The van der Waals surface area contributed by atoms with E-state index in [1.54, 1.807) is 25.1 Å². The van der Waals surface area contributed by atoms with E-state index in [0.29, 0.717) is 20.4 Å². The summed E-state index contributed by atoms with van der Waals surface area (Å²) in [5.41, 5.74) is 1.84. The van der Waals surface area contributed by atoms with Gasteiger partial charge in [0.05, 0.1) is 10.2 Å². The zero-order chi connectivity index (χ0) is 17.8. The van der Waals surface area contributed by atoms with E-state index in [0.717, 1.165) is 11.3 Å². The van der Waals surface area contributed by atoms with Gasteiger partial charge in [0.2, 0.25) is 0 Å². The number of benzene rings is 2. The minimum absolute atomic E-state index is 0.268. The number of halogens is 2. The summed E-state index contributed by atoms with van der Waals surface area (Å²) in [6.45, 7) is 1.68. The number of thiazole rings is 1. The second-order valence-electron chi connectivity index (χ2n) is 5.23. The molecule has 0 fully saturated rings. The molecule has 0 saturated carbocycles. The highest BCUT2D eigenvalue weighted by Crippen LogP contribution is 2.29. The molecular formula is C18H14BrClN2O2S. The molecule has 128 valence electrons. The minimum atomic E-state index is -0.679. The van der Waals surface area contributed by atoms with Gasteiger partial charge in [-0.3, -0.25) is 10.1 Å². The molecular weight excluding hydrogens is 424 g/mol. The Balaban J connectivity index is 1.65. The van der Waals surface area contributed by atoms with Crippen molar-refractivity contribution in [1.29, 1.82) is 0 Å². The Morgan fingerprint density at radius 3 is 2.76 bits per heavy atom. The molecule has 3 rings (SSSR count). The predicted molar refractivity (Wildman–Crippen MR) is 105 cm³/mol. The van der Waals surface area contributed by atoms with E-state index in [9.17, 15) is 4.79 Å². The smallest absolute Gasteiger partial charge is 0.266 e. The highest BCUT2D eigenvalue weighted by Gasteiger charge is 2.18. The first-order valence-electron chi connectivity index (χ1n) is 7.46. The standard InChI is InChI=1S/C18H14BrClN2O2S/c1-11(24-16-8-7-13(20)9-14(16)19)17(23)22-18-21-15(10-25-18)12-5-3-2-4-6-12/h2-11H,1H3,(H,21,22,23). The minimum Gasteiger partial charge on any atom is -0.480 e. The third-order valence-corrected chi connectivity index (χ3v) is 4.98. The highest BCUT2D eigenvalue weighted by atomic mass is 79.9. The van der Waals surface area contributed by atoms with Crippen LogP contribution in [0.25, 0.3) is 11.3 Å². The average molecular weight is 438 g/mol. The Kier molecular flexibility index (Phi) is 5.73. The van der Waals surface area contributed by atoms with Crippen LogP contribution in [-0.4, -0.2) is 17.0 Å². The fourth-order valence-electron chi connectivity index (χ4n) is 2.09. The average Bonchev–Trinajstić information content (AvgIpc) is 3.06. The normalized spacial score (nSPS) is 11.8. The number of carbonyl (C=O) groups excluding carboxylic acids is 1. The molecule has 7 heteroatoms. The van der Waals surface area contributed by atoms with Crippen molar-refractivity contribution in [2.75, 3.05) is 5.32 Å². The molecule has 0 aliphatic rings. The van der Waals surface area contributed by atoms with Crippen LogP contribution in [0.1, 0.15) is 6.92 Å². The lowest BCUT2D eigenvalue weighted by molar-refractivity contribution is -0.122. The van der Waals surface area contributed by atoms with Gasteiger partial charge >= 0.3 is 0 Å². The Bertz CT molecular complexity index is 886. The lowest BCUT2D eigenvalue weighted by atomic mass is 10.2. The lowest BCUT2D eigenvalue weighted by Crippen LogP contribution is -2.30. The molecule has 0 spiro atoms. The summed E-state index contributed by atoms with van der Waals surface area (Å²) in [5, 5.41) is 5.82. The van der Waals surface area contributed by atoms with Crippen LogP contribution in [-0.2, 0) is 4.79 Å². The van der Waals surface area contributed by atoms with Gasteiger partial charge in [-0.25, -0.2) is 4.98 Å². The third kappa shape index (κ3) is 4.60. The summed E-state index contributed by atoms with van der Waals surface area (Å²) in [5.74, 6) is 0.284. The Labute approximate surface area is 162 Å². The Hall–Kier alpha value is -1.89. The van der Waals surface area contributed by atoms with Crippen molar-refractivity contribution in [3.63, 3.8) is 0 Å². The van der Waals surface area contributed by atoms with Crippen LogP contribution >= 0.6 is 38.9 Å². The van der Waals surface area contributed by atoms with Gasteiger partial charge in [-0.15, -0.1) is 11.3 Å². The third-order valence-electron chi connectivity index (χ3n) is 3.37. The summed E-state index contributed by atoms with van der Waals surface area (Å²) in [4.78, 5) is 16.8. The van der Waals surface area contributed by atoms with Crippen molar-refractivity contribution in [3.05, 3.63) is 63.4 Å². The van der Waals surface area contributed by atoms with E-state index in [1.807, 2.05) is 35.7 Å². The molecule has 0 bridgehead atoms. The van der Waals surface area contributed by atoms with Crippen LogP contribution < -0.4 is 10.1 Å². The summed E-state index contributed by atoms with van der Waals surface area (Å²) >= 11 is 10.7. The van der Waals surface area contributed by atoms with Crippen LogP contribution in [0.2, 0.25) is 5.02 Å². The molecule has 1 heterocycles. The van der Waals surface area contributed by atoms with Crippen LogP contribution in [0.15, 0.2) is 58.4 Å². The van der Waals surface area contributed by atoms with E-state index in [4.69, 9.17) is 16.3 Å². The summed E-state index contributed by atoms with van der Waals surface area (Å²) in [6.07, 6.45) is -0.679. The van der Waals surface area contributed by atoms with Gasteiger partial charge in [-0.1, -0.05) is 41.9 Å². The maximum Gasteiger partial charge on any atom is 0.266 e. The van der Waals surface area contributed by atoms with Crippen molar-refractivity contribution in [2.45, 2.75) is 13.0 Å². The SMILES string of the molecule is CC(Oc1ccc(Cl)cc1Br)C(=O)Nc1nc(-c2ccccc2)cs1. The first kappa shape index (κ1) is 17.9. The van der Waals surface area contributed by atoms with Gasteiger partial charge in [0.15, 0.2) is 11.2 Å². The Morgan fingerprint density at radius 1 is 1.28 bits per heavy atom. The van der Waals surface area contributed by atoms with Gasteiger partial charge < -0.3 is 4.74 Å². The topological polar surface area (TPSA) is 51.2 Å². The van der Waals surface area contributed by atoms with Crippen LogP contribution in [0, 0.1) is 0 Å². The van der Waals surface area contributed by atoms with E-state index in [1.165, 1.54) is 11.3 Å². The maximum absolute atomic E-state index is 12.3. The predicted octanol–water partition coefficient (Wildman–Crippen LogP) is 5.63. The number of anilines is 1. The molecule has 0 saturated heterocycles.